The number of aromatic nitrogens is 4. The monoisotopic (exact) mass is 776 g/mol. The van der Waals surface area contributed by atoms with Crippen molar-refractivity contribution in [3.8, 4) is 62.1 Å². The van der Waals surface area contributed by atoms with Crippen LogP contribution in [0.1, 0.15) is 0 Å². The van der Waals surface area contributed by atoms with E-state index in [4.69, 9.17) is 15.0 Å². The number of benzene rings is 10. The SMILES string of the molecule is c1ccc(-c2ccc3c(c2)c2ccccc2n3-c2ccc3c4cc(-c5cccc(-c6nc(-c7ccccc7)nc(-c7ccccc7)n6)c5)ccc4c4ccccc4c3c2)cc1. The number of nitrogens with zero attached hydrogens (tertiary/aromatic N) is 4. The van der Waals surface area contributed by atoms with Gasteiger partial charge in [-0.2, -0.15) is 0 Å². The maximum absolute atomic E-state index is 5.02. The summed E-state index contributed by atoms with van der Waals surface area (Å²) in [5.41, 5.74) is 11.0. The summed E-state index contributed by atoms with van der Waals surface area (Å²) in [6.07, 6.45) is 0. The fraction of sp³-hybridized carbons (Fsp3) is 0. The van der Waals surface area contributed by atoms with Crippen LogP contribution >= 0.6 is 0 Å². The van der Waals surface area contributed by atoms with Crippen molar-refractivity contribution in [2.75, 3.05) is 0 Å². The Hall–Kier alpha value is -8.21. The lowest BCUT2D eigenvalue weighted by Gasteiger charge is -2.15. The van der Waals surface area contributed by atoms with Gasteiger partial charge in [-0.05, 0) is 97.0 Å². The molecule has 0 aliphatic rings. The van der Waals surface area contributed by atoms with Gasteiger partial charge in [0.25, 0.3) is 0 Å². The molecule has 0 spiro atoms. The van der Waals surface area contributed by atoms with Crippen molar-refractivity contribution in [1.82, 2.24) is 19.5 Å². The molecule has 0 unspecified atom stereocenters. The summed E-state index contributed by atoms with van der Waals surface area (Å²) in [4.78, 5) is 15.0. The van der Waals surface area contributed by atoms with Crippen LogP contribution < -0.4 is 0 Å². The molecule has 0 N–H and O–H groups in total. The maximum Gasteiger partial charge on any atom is 0.164 e. The molecule has 4 nitrogen and oxygen atoms in total. The average molecular weight is 777 g/mol. The number of para-hydroxylation sites is 1. The maximum atomic E-state index is 5.02. The van der Waals surface area contributed by atoms with E-state index in [9.17, 15) is 0 Å². The topological polar surface area (TPSA) is 43.6 Å². The summed E-state index contributed by atoms with van der Waals surface area (Å²) in [5, 5.41) is 9.88. The van der Waals surface area contributed by atoms with Crippen molar-refractivity contribution in [3.63, 3.8) is 0 Å². The van der Waals surface area contributed by atoms with Gasteiger partial charge in [0.05, 0.1) is 11.0 Å². The zero-order valence-electron chi connectivity index (χ0n) is 33.1. The minimum atomic E-state index is 0.640. The van der Waals surface area contributed by atoms with E-state index < -0.39 is 0 Å². The van der Waals surface area contributed by atoms with Crippen molar-refractivity contribution in [1.29, 1.82) is 0 Å². The first kappa shape index (κ1) is 34.8. The molecule has 12 aromatic rings. The van der Waals surface area contributed by atoms with E-state index in [1.807, 2.05) is 60.7 Å². The first-order valence-corrected chi connectivity index (χ1v) is 20.7. The molecule has 61 heavy (non-hydrogen) atoms. The Bertz CT molecular complexity index is 3570. The highest BCUT2D eigenvalue weighted by Crippen LogP contribution is 2.41. The zero-order valence-corrected chi connectivity index (χ0v) is 33.1. The van der Waals surface area contributed by atoms with Crippen LogP contribution in [0.3, 0.4) is 0 Å². The number of hydrogen-bond donors (Lipinski definition) is 0. The average Bonchev–Trinajstić information content (AvgIpc) is 3.68. The fourth-order valence-corrected chi connectivity index (χ4v) is 9.10. The van der Waals surface area contributed by atoms with Crippen molar-refractivity contribution < 1.29 is 0 Å². The first-order valence-electron chi connectivity index (χ1n) is 20.7. The first-order chi connectivity index (χ1) is 30.2. The van der Waals surface area contributed by atoms with Gasteiger partial charge in [-0.1, -0.05) is 176 Å². The van der Waals surface area contributed by atoms with E-state index in [0.717, 1.165) is 33.5 Å². The molecule has 0 fully saturated rings. The second kappa shape index (κ2) is 14.3. The summed E-state index contributed by atoms with van der Waals surface area (Å²) < 4.78 is 2.42. The summed E-state index contributed by atoms with van der Waals surface area (Å²) in [6, 6.07) is 77.8. The second-order valence-corrected chi connectivity index (χ2v) is 15.6. The highest BCUT2D eigenvalue weighted by Gasteiger charge is 2.17. The molecule has 0 atom stereocenters. The Labute approximate surface area is 352 Å². The number of fused-ring (bicyclic) bond motifs is 9. The van der Waals surface area contributed by atoms with Crippen molar-refractivity contribution in [2.24, 2.45) is 0 Å². The third-order valence-corrected chi connectivity index (χ3v) is 12.0. The number of rotatable bonds is 6. The van der Waals surface area contributed by atoms with Gasteiger partial charge in [0.15, 0.2) is 17.5 Å². The lowest BCUT2D eigenvalue weighted by Crippen LogP contribution is -2.00. The summed E-state index contributed by atoms with van der Waals surface area (Å²) in [6.45, 7) is 0. The van der Waals surface area contributed by atoms with Gasteiger partial charge in [0.2, 0.25) is 0 Å². The van der Waals surface area contributed by atoms with Crippen LogP contribution in [0, 0.1) is 0 Å². The van der Waals surface area contributed by atoms with Crippen LogP contribution in [0.25, 0.3) is 116 Å². The predicted octanol–water partition coefficient (Wildman–Crippen LogP) is 14.8. The van der Waals surface area contributed by atoms with Crippen LogP contribution in [0.15, 0.2) is 218 Å². The van der Waals surface area contributed by atoms with Crippen molar-refractivity contribution in [3.05, 3.63) is 218 Å². The van der Waals surface area contributed by atoms with Crippen LogP contribution in [-0.2, 0) is 0 Å². The molecule has 0 bridgehead atoms. The van der Waals surface area contributed by atoms with Gasteiger partial charge in [0, 0.05) is 33.2 Å². The molecule has 284 valence electrons. The zero-order chi connectivity index (χ0) is 40.3. The minimum absolute atomic E-state index is 0.640. The third-order valence-electron chi connectivity index (χ3n) is 12.0. The highest BCUT2D eigenvalue weighted by atomic mass is 15.0. The highest BCUT2D eigenvalue weighted by molar-refractivity contribution is 6.26. The molecule has 2 aromatic heterocycles. The summed E-state index contributed by atoms with van der Waals surface area (Å²) in [5.74, 6) is 1.94. The van der Waals surface area contributed by atoms with Crippen LogP contribution in [0.5, 0.6) is 0 Å². The van der Waals surface area contributed by atoms with Gasteiger partial charge >= 0.3 is 0 Å². The Morgan fingerprint density at radius 1 is 0.230 bits per heavy atom. The largest absolute Gasteiger partial charge is 0.309 e. The van der Waals surface area contributed by atoms with Crippen molar-refractivity contribution >= 4 is 54.1 Å². The molecule has 12 rings (SSSR count). The molecule has 0 amide bonds. The van der Waals surface area contributed by atoms with E-state index in [1.54, 1.807) is 0 Å². The van der Waals surface area contributed by atoms with Gasteiger partial charge in [-0.3, -0.25) is 0 Å². The summed E-state index contributed by atoms with van der Waals surface area (Å²) in [7, 11) is 0. The quantitative estimate of drug-likeness (QED) is 0.158. The molecule has 0 aliphatic carbocycles. The molecule has 0 aliphatic heterocycles. The van der Waals surface area contributed by atoms with Gasteiger partial charge in [-0.25, -0.2) is 15.0 Å². The summed E-state index contributed by atoms with van der Waals surface area (Å²) >= 11 is 0. The predicted molar refractivity (Wildman–Crippen MR) is 254 cm³/mol. The number of hydrogen-bond acceptors (Lipinski definition) is 3. The van der Waals surface area contributed by atoms with E-state index in [0.29, 0.717) is 17.5 Å². The Morgan fingerprint density at radius 3 is 1.36 bits per heavy atom. The smallest absolute Gasteiger partial charge is 0.164 e. The van der Waals surface area contributed by atoms with E-state index in [2.05, 4.69) is 162 Å². The van der Waals surface area contributed by atoms with E-state index in [-0.39, 0.29) is 0 Å². The van der Waals surface area contributed by atoms with Crippen LogP contribution in [0.2, 0.25) is 0 Å². The van der Waals surface area contributed by atoms with E-state index >= 15 is 0 Å². The van der Waals surface area contributed by atoms with Crippen LogP contribution in [-0.4, -0.2) is 19.5 Å². The Morgan fingerprint density at radius 2 is 0.656 bits per heavy atom. The second-order valence-electron chi connectivity index (χ2n) is 15.6. The lowest BCUT2D eigenvalue weighted by atomic mass is 9.91. The molecular formula is C57H36N4. The lowest BCUT2D eigenvalue weighted by molar-refractivity contribution is 1.07. The van der Waals surface area contributed by atoms with Gasteiger partial charge in [0.1, 0.15) is 0 Å². The molecule has 0 saturated carbocycles. The standard InChI is InChI=1S/C57H36N4/c1-4-15-37(16-5-1)41-28-32-54-52(35-41)49-25-12-13-26-53(49)61(54)44-29-31-48-50-34-42(27-30-47(50)45-23-10-11-24-46(45)51(48)36-44)40-21-14-22-43(33-40)57-59-55(38-17-6-2-7-18-38)58-56(60-57)39-19-8-3-9-20-39/h1-36H. The fourth-order valence-electron chi connectivity index (χ4n) is 9.10. The molecule has 4 heteroatoms. The normalized spacial score (nSPS) is 11.6. The van der Waals surface area contributed by atoms with E-state index in [1.165, 1.54) is 65.3 Å². The van der Waals surface area contributed by atoms with Gasteiger partial charge in [-0.15, -0.1) is 0 Å². The molecule has 10 aromatic carbocycles. The van der Waals surface area contributed by atoms with Gasteiger partial charge < -0.3 is 4.57 Å². The Balaban J connectivity index is 1.01. The molecule has 0 saturated heterocycles. The Kier molecular flexibility index (Phi) is 8.13. The van der Waals surface area contributed by atoms with Crippen LogP contribution in [0.4, 0.5) is 0 Å². The molecular weight excluding hydrogens is 741 g/mol. The molecule has 0 radical (unpaired) electrons. The minimum Gasteiger partial charge on any atom is -0.309 e. The third kappa shape index (κ3) is 5.96. The molecule has 2 heterocycles. The van der Waals surface area contributed by atoms with Crippen molar-refractivity contribution in [2.45, 2.75) is 0 Å².